The summed E-state index contributed by atoms with van der Waals surface area (Å²) in [6.07, 6.45) is 1.79. The molecule has 1 N–H and O–H groups in total. The number of fused-ring (bicyclic) bond motifs is 2. The zero-order valence-electron chi connectivity index (χ0n) is 15.4. The second-order valence-corrected chi connectivity index (χ2v) is 9.74. The van der Waals surface area contributed by atoms with Crippen LogP contribution in [-0.2, 0) is 14.8 Å². The van der Waals surface area contributed by atoms with E-state index in [1.165, 1.54) is 6.07 Å². The highest BCUT2D eigenvalue weighted by Crippen LogP contribution is 2.36. The van der Waals surface area contributed by atoms with Crippen molar-refractivity contribution < 1.29 is 13.2 Å². The number of aliphatic imine (C=N–C) groups is 1. The molecule has 148 valence electrons. The molecule has 0 spiro atoms. The summed E-state index contributed by atoms with van der Waals surface area (Å²) < 4.78 is 27.9. The Kier molecular flexibility index (Phi) is 4.36. The molecular weight excluding hydrogens is 408 g/mol. The minimum Gasteiger partial charge on any atom is -0.332 e. The summed E-state index contributed by atoms with van der Waals surface area (Å²) in [6.45, 7) is 0.556. The van der Waals surface area contributed by atoms with E-state index in [2.05, 4.69) is 9.71 Å². The number of likely N-dealkylation sites (tertiary alicyclic amines) is 1. The first kappa shape index (κ1) is 18.3. The molecule has 5 rings (SSSR count). The molecule has 9 heteroatoms. The van der Waals surface area contributed by atoms with Crippen LogP contribution in [0.1, 0.15) is 29.5 Å². The predicted molar refractivity (Wildman–Crippen MR) is 111 cm³/mol. The van der Waals surface area contributed by atoms with Crippen molar-refractivity contribution >= 4 is 43.3 Å². The molecule has 1 atom stereocenters. The molecule has 2 aliphatic heterocycles. The molecule has 0 unspecified atom stereocenters. The molecule has 2 aromatic carbocycles. The van der Waals surface area contributed by atoms with Gasteiger partial charge in [0.15, 0.2) is 0 Å². The van der Waals surface area contributed by atoms with Crippen molar-refractivity contribution in [3.8, 4) is 0 Å². The van der Waals surface area contributed by atoms with Crippen molar-refractivity contribution in [3.63, 3.8) is 0 Å². The van der Waals surface area contributed by atoms with Gasteiger partial charge in [0, 0.05) is 12.1 Å². The Balaban J connectivity index is 1.37. The van der Waals surface area contributed by atoms with Crippen LogP contribution in [0.3, 0.4) is 0 Å². The number of hydrogen-bond donors (Lipinski definition) is 1. The molecule has 2 aliphatic rings. The lowest BCUT2D eigenvalue weighted by molar-refractivity contribution is -0.130. The second kappa shape index (κ2) is 6.93. The number of nitrogens with zero attached hydrogens (tertiary/aromatic N) is 3. The SMILES string of the molecule is O=C(CN=C1NS(=O)(=O)c2ccccc21)N1CCC[C@H]1c1nc2ccccc2s1. The van der Waals surface area contributed by atoms with E-state index < -0.39 is 10.0 Å². The third kappa shape index (κ3) is 3.20. The van der Waals surface area contributed by atoms with Gasteiger partial charge >= 0.3 is 0 Å². The Hall–Kier alpha value is -2.78. The number of carbonyl (C=O) groups is 1. The third-order valence-corrected chi connectivity index (χ3v) is 7.74. The maximum Gasteiger partial charge on any atom is 0.263 e. The number of amidine groups is 1. The molecule has 3 aromatic rings. The maximum absolute atomic E-state index is 12.9. The number of aromatic nitrogens is 1. The minimum absolute atomic E-state index is 0.0485. The Morgan fingerprint density at radius 1 is 1.21 bits per heavy atom. The van der Waals surface area contributed by atoms with E-state index in [1.54, 1.807) is 29.5 Å². The van der Waals surface area contributed by atoms with Crippen LogP contribution in [0.15, 0.2) is 58.4 Å². The first-order valence-electron chi connectivity index (χ1n) is 9.34. The number of sulfonamides is 1. The van der Waals surface area contributed by atoms with Gasteiger partial charge in [-0.25, -0.2) is 13.4 Å². The topological polar surface area (TPSA) is 91.7 Å². The Morgan fingerprint density at radius 2 is 2.00 bits per heavy atom. The molecule has 0 saturated carbocycles. The zero-order valence-corrected chi connectivity index (χ0v) is 17.0. The molecule has 7 nitrogen and oxygen atoms in total. The van der Waals surface area contributed by atoms with Gasteiger partial charge in [-0.15, -0.1) is 11.3 Å². The van der Waals surface area contributed by atoms with Crippen molar-refractivity contribution in [1.82, 2.24) is 14.6 Å². The van der Waals surface area contributed by atoms with Crippen molar-refractivity contribution in [2.45, 2.75) is 23.8 Å². The average Bonchev–Trinajstić information content (AvgIpc) is 3.42. The van der Waals surface area contributed by atoms with Crippen molar-refractivity contribution in [3.05, 3.63) is 59.1 Å². The number of hydrogen-bond acceptors (Lipinski definition) is 6. The van der Waals surface area contributed by atoms with Crippen LogP contribution < -0.4 is 4.72 Å². The van der Waals surface area contributed by atoms with E-state index in [0.717, 1.165) is 28.1 Å². The monoisotopic (exact) mass is 426 g/mol. The van der Waals surface area contributed by atoms with E-state index in [-0.39, 0.29) is 29.2 Å². The lowest BCUT2D eigenvalue weighted by Crippen LogP contribution is -2.33. The van der Waals surface area contributed by atoms with E-state index in [0.29, 0.717) is 12.1 Å². The van der Waals surface area contributed by atoms with Crippen molar-refractivity contribution in [2.75, 3.05) is 13.1 Å². The van der Waals surface area contributed by atoms with Crippen LogP contribution in [0.2, 0.25) is 0 Å². The fourth-order valence-corrected chi connectivity index (χ4v) is 6.21. The fraction of sp³-hybridized carbons (Fsp3) is 0.250. The normalized spacial score (nSPS) is 21.4. The molecule has 0 aliphatic carbocycles. The summed E-state index contributed by atoms with van der Waals surface area (Å²) in [5.74, 6) is 0.104. The van der Waals surface area contributed by atoms with Gasteiger partial charge in [0.1, 0.15) is 17.4 Å². The molecule has 3 heterocycles. The Labute approximate surface area is 172 Å². The molecule has 1 amide bonds. The minimum atomic E-state index is -3.60. The van der Waals surface area contributed by atoms with Crippen LogP contribution in [0.25, 0.3) is 10.2 Å². The molecule has 29 heavy (non-hydrogen) atoms. The summed E-state index contributed by atoms with van der Waals surface area (Å²) in [6, 6.07) is 14.5. The highest BCUT2D eigenvalue weighted by atomic mass is 32.2. The first-order valence-corrected chi connectivity index (χ1v) is 11.6. The predicted octanol–water partition coefficient (Wildman–Crippen LogP) is 2.70. The quantitative estimate of drug-likeness (QED) is 0.697. The van der Waals surface area contributed by atoms with Gasteiger partial charge in [-0.05, 0) is 37.1 Å². The number of nitrogens with one attached hydrogen (secondary N) is 1. The van der Waals surface area contributed by atoms with Crippen LogP contribution in [0, 0.1) is 0 Å². The van der Waals surface area contributed by atoms with Crippen LogP contribution >= 0.6 is 11.3 Å². The van der Waals surface area contributed by atoms with Crippen LogP contribution in [0.4, 0.5) is 0 Å². The fourth-order valence-electron chi connectivity index (χ4n) is 3.84. The summed E-state index contributed by atoms with van der Waals surface area (Å²) in [7, 11) is -3.60. The van der Waals surface area contributed by atoms with Gasteiger partial charge in [-0.3, -0.25) is 14.5 Å². The number of thiazole rings is 1. The average molecular weight is 427 g/mol. The van der Waals surface area contributed by atoms with Gasteiger partial charge in [0.2, 0.25) is 5.91 Å². The summed E-state index contributed by atoms with van der Waals surface area (Å²) in [5, 5.41) is 0.941. The summed E-state index contributed by atoms with van der Waals surface area (Å²) in [4.78, 5) is 23.9. The van der Waals surface area contributed by atoms with Gasteiger partial charge in [-0.1, -0.05) is 24.3 Å². The first-order chi connectivity index (χ1) is 14.0. The lowest BCUT2D eigenvalue weighted by Gasteiger charge is -2.22. The van der Waals surface area contributed by atoms with E-state index in [4.69, 9.17) is 4.98 Å². The third-order valence-electron chi connectivity index (χ3n) is 5.20. The van der Waals surface area contributed by atoms with Gasteiger partial charge in [0.05, 0.1) is 21.2 Å². The number of para-hydroxylation sites is 1. The Bertz CT molecular complexity index is 1220. The molecule has 0 radical (unpaired) electrons. The van der Waals surface area contributed by atoms with Crippen LogP contribution in [0.5, 0.6) is 0 Å². The standard InChI is InChI=1S/C20H18N4O3S2/c25-18(12-21-19-13-6-1-4-10-17(13)29(26,27)23-19)24-11-5-8-15(24)20-22-14-7-2-3-9-16(14)28-20/h1-4,6-7,9-10,15H,5,8,11-12H2,(H,21,23)/t15-/m0/s1. The summed E-state index contributed by atoms with van der Waals surface area (Å²) in [5.41, 5.74) is 1.45. The highest BCUT2D eigenvalue weighted by Gasteiger charge is 2.33. The van der Waals surface area contributed by atoms with Gasteiger partial charge < -0.3 is 4.90 Å². The smallest absolute Gasteiger partial charge is 0.263 e. The Morgan fingerprint density at radius 3 is 2.86 bits per heavy atom. The number of rotatable bonds is 3. The molecule has 1 aromatic heterocycles. The summed E-state index contributed by atoms with van der Waals surface area (Å²) >= 11 is 1.62. The van der Waals surface area contributed by atoms with Gasteiger partial charge in [-0.2, -0.15) is 0 Å². The molecule has 0 bridgehead atoms. The lowest BCUT2D eigenvalue weighted by atomic mass is 10.2. The second-order valence-electron chi connectivity index (χ2n) is 7.03. The van der Waals surface area contributed by atoms with Crippen LogP contribution in [-0.4, -0.2) is 43.1 Å². The number of amides is 1. The van der Waals surface area contributed by atoms with E-state index in [1.807, 2.05) is 29.2 Å². The number of benzene rings is 2. The highest BCUT2D eigenvalue weighted by molar-refractivity contribution is 7.90. The van der Waals surface area contributed by atoms with E-state index in [9.17, 15) is 13.2 Å². The van der Waals surface area contributed by atoms with Gasteiger partial charge in [0.25, 0.3) is 10.0 Å². The molecule has 1 fully saturated rings. The molecule has 1 saturated heterocycles. The number of carbonyl (C=O) groups excluding carboxylic acids is 1. The van der Waals surface area contributed by atoms with E-state index >= 15 is 0 Å². The zero-order chi connectivity index (χ0) is 20.0. The largest absolute Gasteiger partial charge is 0.332 e. The maximum atomic E-state index is 12.9. The molecular formula is C20H18N4O3S2. The van der Waals surface area contributed by atoms with Crippen molar-refractivity contribution in [2.24, 2.45) is 4.99 Å². The van der Waals surface area contributed by atoms with Crippen molar-refractivity contribution in [1.29, 1.82) is 0 Å².